The van der Waals surface area contributed by atoms with Crippen molar-refractivity contribution in [2.24, 2.45) is 0 Å². The highest BCUT2D eigenvalue weighted by Gasteiger charge is 2.52. The Morgan fingerprint density at radius 1 is 0.826 bits per heavy atom. The lowest BCUT2D eigenvalue weighted by atomic mass is 10.2. The Labute approximate surface area is 139 Å². The second-order valence-electron chi connectivity index (χ2n) is 7.06. The van der Waals surface area contributed by atoms with Crippen LogP contribution in [-0.4, -0.2) is 13.2 Å². The number of hydrogen-bond donors (Lipinski definition) is 0. The molecule has 0 spiro atoms. The normalized spacial score (nSPS) is 12.3. The Morgan fingerprint density at radius 3 is 1.65 bits per heavy atom. The van der Waals surface area contributed by atoms with Gasteiger partial charge >= 0.3 is 0 Å². The van der Waals surface area contributed by atoms with E-state index in [2.05, 4.69) is 92.7 Å². The largest absolute Gasteiger partial charge is 0.366 e. The molecule has 0 aliphatic rings. The second kappa shape index (κ2) is 5.82. The number of rotatable bonds is 3. The van der Waals surface area contributed by atoms with Crippen molar-refractivity contribution in [1.82, 2.24) is 5.16 Å². The third-order valence-corrected chi connectivity index (χ3v) is 10.2. The molecular weight excluding hydrogens is 298 g/mol. The molecule has 1 aromatic heterocycles. The molecule has 0 unspecified atom stereocenters. The first-order chi connectivity index (χ1) is 11.0. The van der Waals surface area contributed by atoms with Gasteiger partial charge in [0.25, 0.3) is 0 Å². The lowest BCUT2D eigenvalue weighted by Crippen LogP contribution is -2.71. The van der Waals surface area contributed by atoms with Crippen LogP contribution < -0.4 is 15.8 Å². The van der Waals surface area contributed by atoms with Gasteiger partial charge < -0.3 is 4.52 Å². The van der Waals surface area contributed by atoms with Crippen LogP contribution in [-0.2, 0) is 0 Å². The minimum Gasteiger partial charge on any atom is -0.366 e. The number of aromatic nitrogens is 1. The summed E-state index contributed by atoms with van der Waals surface area (Å²) in [7, 11) is -2.33. The van der Waals surface area contributed by atoms with E-state index in [-0.39, 0.29) is 5.04 Å². The molecule has 0 aliphatic heterocycles. The van der Waals surface area contributed by atoms with Crippen LogP contribution in [0, 0.1) is 6.92 Å². The van der Waals surface area contributed by atoms with Gasteiger partial charge in [-0.05, 0) is 28.4 Å². The summed E-state index contributed by atoms with van der Waals surface area (Å²) in [5, 5.41) is 7.99. The fraction of sp³-hybridized carbons (Fsp3) is 0.250. The Kier molecular flexibility index (Phi) is 3.98. The molecule has 3 rings (SSSR count). The molecular formula is C20H23NOSi. The van der Waals surface area contributed by atoms with Gasteiger partial charge in [0, 0.05) is 0 Å². The summed E-state index contributed by atoms with van der Waals surface area (Å²) < 4.78 is 5.88. The average molecular weight is 321 g/mol. The third-order valence-electron chi connectivity index (χ3n) is 4.54. The van der Waals surface area contributed by atoms with Gasteiger partial charge in [0.2, 0.25) is 8.07 Å². The summed E-state index contributed by atoms with van der Waals surface area (Å²) in [4.78, 5) is 0. The average Bonchev–Trinajstić information content (AvgIpc) is 2.95. The summed E-state index contributed by atoms with van der Waals surface area (Å²) in [5.41, 5.74) is 0.938. The number of nitrogens with zero attached hydrogens (tertiary/aromatic N) is 1. The third kappa shape index (κ3) is 2.55. The molecule has 0 bridgehead atoms. The molecule has 3 heteroatoms. The lowest BCUT2D eigenvalue weighted by Gasteiger charge is -2.41. The van der Waals surface area contributed by atoms with E-state index < -0.39 is 8.07 Å². The SMILES string of the molecule is Cc1cc([Si](c2ccccc2)(c2ccccc2)C(C)(C)C)on1. The van der Waals surface area contributed by atoms with Crippen LogP contribution in [0.4, 0.5) is 0 Å². The minimum absolute atomic E-state index is 0.0433. The Hall–Kier alpha value is -2.13. The van der Waals surface area contributed by atoms with E-state index in [4.69, 9.17) is 4.52 Å². The molecule has 1 heterocycles. The topological polar surface area (TPSA) is 26.0 Å². The molecule has 0 saturated heterocycles. The van der Waals surface area contributed by atoms with Crippen molar-refractivity contribution in [2.45, 2.75) is 32.7 Å². The van der Waals surface area contributed by atoms with E-state index >= 15 is 0 Å². The predicted molar refractivity (Wildman–Crippen MR) is 98.5 cm³/mol. The number of benzene rings is 2. The van der Waals surface area contributed by atoms with Crippen molar-refractivity contribution in [3.05, 3.63) is 72.4 Å². The molecule has 118 valence electrons. The molecule has 3 aromatic rings. The monoisotopic (exact) mass is 321 g/mol. The zero-order chi connectivity index (χ0) is 16.5. The van der Waals surface area contributed by atoms with E-state index in [1.165, 1.54) is 10.4 Å². The highest BCUT2D eigenvalue weighted by Crippen LogP contribution is 2.35. The molecule has 0 aliphatic carbocycles. The standard InChI is InChI=1S/C20H23NOSi/c1-16-15-19(22-21-16)23(20(2,3)4,17-11-7-5-8-12-17)18-13-9-6-10-14-18/h5-15H,1-4H3. The number of aryl methyl sites for hydroxylation is 1. The molecule has 0 atom stereocenters. The fourth-order valence-corrected chi connectivity index (χ4v) is 8.97. The smallest absolute Gasteiger partial charge is 0.202 e. The van der Waals surface area contributed by atoms with Crippen LogP contribution in [0.1, 0.15) is 26.5 Å². The summed E-state index contributed by atoms with van der Waals surface area (Å²) in [6.07, 6.45) is 0. The maximum Gasteiger partial charge on any atom is 0.202 e. The van der Waals surface area contributed by atoms with Crippen LogP contribution in [0.15, 0.2) is 71.3 Å². The first kappa shape index (κ1) is 15.8. The lowest BCUT2D eigenvalue weighted by molar-refractivity contribution is 0.436. The zero-order valence-electron chi connectivity index (χ0n) is 14.2. The molecule has 0 N–H and O–H groups in total. The van der Waals surface area contributed by atoms with Crippen LogP contribution in [0.5, 0.6) is 0 Å². The van der Waals surface area contributed by atoms with Gasteiger partial charge in [-0.25, -0.2) is 0 Å². The Morgan fingerprint density at radius 2 is 1.30 bits per heavy atom. The molecule has 0 fully saturated rings. The van der Waals surface area contributed by atoms with Gasteiger partial charge in [0.05, 0.1) is 5.69 Å². The van der Waals surface area contributed by atoms with Crippen molar-refractivity contribution in [3.8, 4) is 0 Å². The van der Waals surface area contributed by atoms with Gasteiger partial charge in [-0.3, -0.25) is 0 Å². The summed E-state index contributed by atoms with van der Waals surface area (Å²) in [6, 6.07) is 23.7. The van der Waals surface area contributed by atoms with Crippen molar-refractivity contribution in [1.29, 1.82) is 0 Å². The highest BCUT2D eigenvalue weighted by atomic mass is 28.3. The van der Waals surface area contributed by atoms with Crippen LogP contribution in [0.25, 0.3) is 0 Å². The van der Waals surface area contributed by atoms with E-state index in [9.17, 15) is 0 Å². The van der Waals surface area contributed by atoms with Crippen LogP contribution in [0.2, 0.25) is 5.04 Å². The summed E-state index contributed by atoms with van der Waals surface area (Å²) in [5.74, 6) is 0. The summed E-state index contributed by atoms with van der Waals surface area (Å²) in [6.45, 7) is 8.94. The van der Waals surface area contributed by atoms with Crippen molar-refractivity contribution in [2.75, 3.05) is 0 Å². The quantitative estimate of drug-likeness (QED) is 0.692. The van der Waals surface area contributed by atoms with Gasteiger partial charge in [0.1, 0.15) is 5.38 Å². The van der Waals surface area contributed by atoms with Gasteiger partial charge in [-0.1, -0.05) is 86.6 Å². The zero-order valence-corrected chi connectivity index (χ0v) is 15.2. The second-order valence-corrected chi connectivity index (χ2v) is 11.7. The maximum atomic E-state index is 5.88. The van der Waals surface area contributed by atoms with Crippen molar-refractivity contribution >= 4 is 23.8 Å². The first-order valence-corrected chi connectivity index (χ1v) is 10.0. The molecule has 2 nitrogen and oxygen atoms in total. The first-order valence-electron chi connectivity index (χ1n) is 8.01. The highest BCUT2D eigenvalue weighted by molar-refractivity contribution is 7.12. The van der Waals surface area contributed by atoms with Gasteiger partial charge in [0.15, 0.2) is 0 Å². The van der Waals surface area contributed by atoms with E-state index in [1.54, 1.807) is 0 Å². The van der Waals surface area contributed by atoms with E-state index in [1.807, 2.05) is 6.92 Å². The molecule has 0 saturated carbocycles. The van der Waals surface area contributed by atoms with Crippen molar-refractivity contribution < 1.29 is 4.52 Å². The Balaban J connectivity index is 2.40. The van der Waals surface area contributed by atoms with Crippen molar-refractivity contribution in [3.63, 3.8) is 0 Å². The van der Waals surface area contributed by atoms with Crippen LogP contribution in [0.3, 0.4) is 0 Å². The molecule has 0 radical (unpaired) electrons. The van der Waals surface area contributed by atoms with Crippen LogP contribution >= 0.6 is 0 Å². The molecule has 2 aromatic carbocycles. The predicted octanol–water partition coefficient (Wildman–Crippen LogP) is 3.25. The van der Waals surface area contributed by atoms with E-state index in [0.29, 0.717) is 0 Å². The summed E-state index contributed by atoms with van der Waals surface area (Å²) >= 11 is 0. The molecule has 23 heavy (non-hydrogen) atoms. The maximum absolute atomic E-state index is 5.88. The fourth-order valence-electron chi connectivity index (χ4n) is 3.60. The Bertz CT molecular complexity index is 733. The van der Waals surface area contributed by atoms with Gasteiger partial charge in [-0.15, -0.1) is 0 Å². The number of hydrogen-bond acceptors (Lipinski definition) is 2. The minimum atomic E-state index is -2.33. The molecule has 0 amide bonds. The van der Waals surface area contributed by atoms with E-state index in [0.717, 1.165) is 11.1 Å². The van der Waals surface area contributed by atoms with Gasteiger partial charge in [-0.2, -0.15) is 0 Å².